The van der Waals surface area contributed by atoms with E-state index >= 15 is 0 Å². The van der Waals surface area contributed by atoms with E-state index in [0.717, 1.165) is 89.9 Å². The third-order valence-corrected chi connectivity index (χ3v) is 9.62. The molecule has 0 aromatic heterocycles. The van der Waals surface area contributed by atoms with Gasteiger partial charge in [-0.05, 0) is 64.2 Å². The lowest BCUT2D eigenvalue weighted by molar-refractivity contribution is -0.161. The van der Waals surface area contributed by atoms with Crippen LogP contribution in [0.25, 0.3) is 0 Å². The highest BCUT2D eigenvalue weighted by molar-refractivity contribution is 7.47. The fourth-order valence-corrected chi connectivity index (χ4v) is 6.23. The van der Waals surface area contributed by atoms with Gasteiger partial charge >= 0.3 is 27.6 Å². The monoisotopic (exact) mass is 862 g/mol. The molecule has 0 rings (SSSR count). The van der Waals surface area contributed by atoms with Crippen molar-refractivity contribution >= 4 is 27.6 Å². The Morgan fingerprint density at radius 3 is 1.72 bits per heavy atom. The summed E-state index contributed by atoms with van der Waals surface area (Å²) in [6.07, 6.45) is 36.3. The van der Waals surface area contributed by atoms with E-state index in [4.69, 9.17) is 23.8 Å². The molecule has 0 amide bonds. The van der Waals surface area contributed by atoms with Gasteiger partial charge in [0.15, 0.2) is 6.10 Å². The number of hydrogen-bond donors (Lipinski definition) is 5. The Labute approximate surface area is 347 Å². The van der Waals surface area contributed by atoms with Gasteiger partial charge in [-0.1, -0.05) is 132 Å². The van der Waals surface area contributed by atoms with Crippen LogP contribution in [-0.2, 0) is 41.8 Å². The number of aliphatic hydroxyl groups is 2. The van der Waals surface area contributed by atoms with Gasteiger partial charge in [-0.2, -0.15) is 0 Å². The van der Waals surface area contributed by atoms with Crippen molar-refractivity contribution in [1.29, 1.82) is 0 Å². The van der Waals surface area contributed by atoms with Crippen LogP contribution in [0.3, 0.4) is 0 Å². The van der Waals surface area contributed by atoms with Crippen LogP contribution in [0.4, 0.5) is 0 Å². The molecule has 0 aliphatic rings. The third kappa shape index (κ3) is 40.3. The van der Waals surface area contributed by atoms with Crippen LogP contribution in [0.1, 0.15) is 136 Å². The lowest BCUT2D eigenvalue weighted by Crippen LogP contribution is -2.30. The van der Waals surface area contributed by atoms with Gasteiger partial charge in [0.25, 0.3) is 0 Å². The zero-order valence-corrected chi connectivity index (χ0v) is 36.5. The number of unbranched alkanes of at least 4 members (excludes halogenated alkanes) is 9. The molecule has 0 spiro atoms. The van der Waals surface area contributed by atoms with Crippen molar-refractivity contribution in [1.82, 2.24) is 0 Å². The van der Waals surface area contributed by atoms with Crippen LogP contribution in [0, 0.1) is 0 Å². The highest BCUT2D eigenvalue weighted by atomic mass is 31.2. The van der Waals surface area contributed by atoms with Crippen molar-refractivity contribution in [3.05, 3.63) is 72.9 Å². The first-order valence-corrected chi connectivity index (χ1v) is 23.8. The van der Waals surface area contributed by atoms with Crippen molar-refractivity contribution in [2.24, 2.45) is 0 Å². The van der Waals surface area contributed by atoms with Crippen LogP contribution in [0.15, 0.2) is 72.9 Å². The van der Waals surface area contributed by atoms with E-state index in [2.05, 4.69) is 71.5 Å². The average molecular weight is 863 g/mol. The standard InChI is InChI=1S/C42H72O14P2/c1-3-5-7-9-11-12-13-14-15-16-17-18-20-24-29-33-42(46)56-40(37-55-58(50,51)54-35-39(44)34-53-57(47,48)49)36-52-41(45)32-28-25-21-23-27-31-38(43)30-26-22-19-10-8-6-4-2/h5-8,11-12,14-15,19,22,26,30,38-40,43-44H,3-4,9-10,13,16-18,20-21,23-25,27-29,31-37H2,1-2H3,(H,50,51)(H2,47,48,49)/b7-5-,8-6+,12-11-,15-14-,22-19+,30-26+/t38?,39-,40+/m0/s1. The summed E-state index contributed by atoms with van der Waals surface area (Å²) < 4.78 is 47.6. The molecule has 5 N–H and O–H groups in total. The second-order valence-electron chi connectivity index (χ2n) is 13.7. The zero-order valence-electron chi connectivity index (χ0n) is 34.7. The fraction of sp³-hybridized carbons (Fsp3) is 0.667. The summed E-state index contributed by atoms with van der Waals surface area (Å²) in [5.41, 5.74) is 0. The van der Waals surface area contributed by atoms with E-state index in [1.807, 2.05) is 18.2 Å². The molecule has 16 heteroatoms. The number of phosphoric acid groups is 2. The summed E-state index contributed by atoms with van der Waals surface area (Å²) in [5, 5.41) is 19.9. The van der Waals surface area contributed by atoms with Crippen molar-refractivity contribution in [2.75, 3.05) is 26.4 Å². The molecule has 14 nitrogen and oxygen atoms in total. The Kier molecular flexibility index (Phi) is 35.9. The Morgan fingerprint density at radius 1 is 0.569 bits per heavy atom. The van der Waals surface area contributed by atoms with Crippen molar-refractivity contribution in [3.63, 3.8) is 0 Å². The number of carbonyl (C=O) groups is 2. The minimum Gasteiger partial charge on any atom is -0.462 e. The lowest BCUT2D eigenvalue weighted by atomic mass is 10.1. The first-order valence-electron chi connectivity index (χ1n) is 20.7. The van der Waals surface area contributed by atoms with Gasteiger partial charge in [0.2, 0.25) is 0 Å². The number of rotatable bonds is 38. The molecule has 0 aromatic carbocycles. The van der Waals surface area contributed by atoms with E-state index < -0.39 is 72.3 Å². The number of allylic oxidation sites excluding steroid dienone is 11. The van der Waals surface area contributed by atoms with Gasteiger partial charge in [-0.25, -0.2) is 9.13 Å². The molecular formula is C42H72O14P2. The molecule has 4 atom stereocenters. The molecule has 0 bridgehead atoms. The number of hydrogen-bond acceptors (Lipinski definition) is 11. The van der Waals surface area contributed by atoms with Crippen LogP contribution >= 0.6 is 15.6 Å². The molecule has 0 aliphatic carbocycles. The fourth-order valence-electron chi connectivity index (χ4n) is 5.07. The van der Waals surface area contributed by atoms with Gasteiger partial charge in [0, 0.05) is 12.8 Å². The van der Waals surface area contributed by atoms with Gasteiger partial charge in [0.05, 0.1) is 25.9 Å². The smallest absolute Gasteiger partial charge is 0.462 e. The van der Waals surface area contributed by atoms with Crippen molar-refractivity contribution in [2.45, 2.75) is 154 Å². The third-order valence-electron chi connectivity index (χ3n) is 8.18. The highest BCUT2D eigenvalue weighted by Gasteiger charge is 2.28. The minimum atomic E-state index is -4.88. The molecule has 334 valence electrons. The maximum absolute atomic E-state index is 12.6. The molecule has 0 fully saturated rings. The zero-order chi connectivity index (χ0) is 43.2. The summed E-state index contributed by atoms with van der Waals surface area (Å²) in [4.78, 5) is 52.6. The summed E-state index contributed by atoms with van der Waals surface area (Å²) in [7, 11) is -9.71. The highest BCUT2D eigenvalue weighted by Crippen LogP contribution is 2.43. The molecule has 2 unspecified atom stereocenters. The number of carbonyl (C=O) groups excluding carboxylic acids is 2. The second kappa shape index (κ2) is 37.5. The topological polar surface area (TPSA) is 216 Å². The Morgan fingerprint density at radius 2 is 1.09 bits per heavy atom. The molecule has 0 aliphatic heterocycles. The molecule has 0 saturated heterocycles. The minimum absolute atomic E-state index is 0.0878. The second-order valence-corrected chi connectivity index (χ2v) is 16.4. The summed E-state index contributed by atoms with van der Waals surface area (Å²) in [6, 6.07) is 0. The van der Waals surface area contributed by atoms with Crippen molar-refractivity contribution in [3.8, 4) is 0 Å². The molecule has 0 radical (unpaired) electrons. The van der Waals surface area contributed by atoms with Crippen LogP contribution in [-0.4, -0.2) is 81.6 Å². The first kappa shape index (κ1) is 55.5. The van der Waals surface area contributed by atoms with Gasteiger partial charge in [0.1, 0.15) is 12.7 Å². The van der Waals surface area contributed by atoms with Gasteiger partial charge in [-0.3, -0.25) is 23.2 Å². The summed E-state index contributed by atoms with van der Waals surface area (Å²) in [5.74, 6) is -1.14. The van der Waals surface area contributed by atoms with Gasteiger partial charge in [-0.15, -0.1) is 0 Å². The SMILES string of the molecule is CC/C=C\C/C=C\C/C=C\CCCCCCCC(=O)O[C@H](COC(=O)CCCCCCCC(O)/C=C/C=C/C/C=C/CC)COP(=O)(O)OC[C@@H](O)COP(=O)(O)O. The Balaban J connectivity index is 4.67. The first-order chi connectivity index (χ1) is 27.8. The predicted octanol–water partition coefficient (Wildman–Crippen LogP) is 9.19. The molecule has 0 heterocycles. The van der Waals surface area contributed by atoms with Crippen LogP contribution in [0.2, 0.25) is 0 Å². The molecule has 58 heavy (non-hydrogen) atoms. The summed E-state index contributed by atoms with van der Waals surface area (Å²) in [6.45, 7) is 1.37. The predicted molar refractivity (Wildman–Crippen MR) is 226 cm³/mol. The summed E-state index contributed by atoms with van der Waals surface area (Å²) >= 11 is 0. The maximum Gasteiger partial charge on any atom is 0.472 e. The Bertz CT molecular complexity index is 1320. The Hall–Kier alpha value is -2.48. The van der Waals surface area contributed by atoms with E-state index in [9.17, 15) is 33.8 Å². The van der Waals surface area contributed by atoms with Gasteiger partial charge < -0.3 is 34.4 Å². The average Bonchev–Trinajstić information content (AvgIpc) is 3.17. The molecule has 0 aromatic rings. The number of esters is 2. The molecular weight excluding hydrogens is 790 g/mol. The number of phosphoric ester groups is 2. The number of aliphatic hydroxyl groups excluding tert-OH is 2. The largest absolute Gasteiger partial charge is 0.472 e. The van der Waals surface area contributed by atoms with E-state index in [-0.39, 0.29) is 12.8 Å². The van der Waals surface area contributed by atoms with E-state index in [1.54, 1.807) is 6.08 Å². The normalized spacial score (nSPS) is 15.4. The van der Waals surface area contributed by atoms with E-state index in [0.29, 0.717) is 19.3 Å². The quantitative estimate of drug-likeness (QED) is 0.0129. The molecule has 0 saturated carbocycles. The van der Waals surface area contributed by atoms with Crippen molar-refractivity contribution < 1.29 is 66.7 Å². The maximum atomic E-state index is 12.6. The number of ether oxygens (including phenoxy) is 2. The lowest BCUT2D eigenvalue weighted by Gasteiger charge is -2.20. The van der Waals surface area contributed by atoms with E-state index in [1.165, 1.54) is 0 Å². The van der Waals surface area contributed by atoms with Crippen LogP contribution in [0.5, 0.6) is 0 Å². The van der Waals surface area contributed by atoms with Crippen LogP contribution < -0.4 is 0 Å².